The van der Waals surface area contributed by atoms with E-state index in [0.29, 0.717) is 30.4 Å². The van der Waals surface area contributed by atoms with Crippen molar-refractivity contribution in [1.29, 1.82) is 0 Å². The molecule has 1 heterocycles. The Labute approximate surface area is 136 Å². The predicted molar refractivity (Wildman–Crippen MR) is 89.5 cm³/mol. The van der Waals surface area contributed by atoms with Crippen LogP contribution in [0.25, 0.3) is 0 Å². The van der Waals surface area contributed by atoms with Crippen LogP contribution in [-0.2, 0) is 20.1 Å². The summed E-state index contributed by atoms with van der Waals surface area (Å²) in [5, 5.41) is 20.5. The third kappa shape index (κ3) is 4.64. The van der Waals surface area contributed by atoms with Gasteiger partial charge in [-0.15, -0.1) is 0 Å². The van der Waals surface area contributed by atoms with Gasteiger partial charge in [-0.3, -0.25) is 4.68 Å². The molecular weight excluding hydrogens is 294 g/mol. The molecule has 0 spiro atoms. The van der Waals surface area contributed by atoms with Gasteiger partial charge in [0, 0.05) is 25.4 Å². The van der Waals surface area contributed by atoms with Gasteiger partial charge in [-0.1, -0.05) is 0 Å². The summed E-state index contributed by atoms with van der Waals surface area (Å²) in [5.74, 6) is 1.58. The SMILES string of the molecule is CCNC(=NCc1cc(OC)ccc1O)NCc1ccnn1C. The first kappa shape index (κ1) is 16.7. The van der Waals surface area contributed by atoms with Crippen molar-refractivity contribution in [2.24, 2.45) is 12.0 Å². The molecule has 0 radical (unpaired) electrons. The first-order valence-corrected chi connectivity index (χ1v) is 7.49. The second-order valence-electron chi connectivity index (χ2n) is 4.99. The molecule has 0 bridgehead atoms. The number of phenols is 1. The van der Waals surface area contributed by atoms with Crippen LogP contribution in [0.1, 0.15) is 18.2 Å². The van der Waals surface area contributed by atoms with Gasteiger partial charge in [-0.2, -0.15) is 5.10 Å². The molecule has 0 unspecified atom stereocenters. The van der Waals surface area contributed by atoms with Gasteiger partial charge in [0.15, 0.2) is 5.96 Å². The summed E-state index contributed by atoms with van der Waals surface area (Å²) in [4.78, 5) is 4.50. The highest BCUT2D eigenvalue weighted by Crippen LogP contribution is 2.23. The van der Waals surface area contributed by atoms with E-state index in [0.717, 1.165) is 12.2 Å². The maximum absolute atomic E-state index is 9.91. The zero-order valence-electron chi connectivity index (χ0n) is 13.7. The molecule has 0 fully saturated rings. The van der Waals surface area contributed by atoms with Crippen molar-refractivity contribution in [3.05, 3.63) is 41.7 Å². The first-order valence-electron chi connectivity index (χ1n) is 7.49. The van der Waals surface area contributed by atoms with Gasteiger partial charge >= 0.3 is 0 Å². The van der Waals surface area contributed by atoms with E-state index < -0.39 is 0 Å². The monoisotopic (exact) mass is 317 g/mol. The molecule has 2 aromatic rings. The fraction of sp³-hybridized carbons (Fsp3) is 0.375. The number of nitrogens with one attached hydrogen (secondary N) is 2. The highest BCUT2D eigenvalue weighted by atomic mass is 16.5. The fourth-order valence-corrected chi connectivity index (χ4v) is 2.07. The Morgan fingerprint density at radius 3 is 2.83 bits per heavy atom. The summed E-state index contributed by atoms with van der Waals surface area (Å²) in [6.45, 7) is 3.72. The number of methoxy groups -OCH3 is 1. The summed E-state index contributed by atoms with van der Waals surface area (Å²) >= 11 is 0. The zero-order chi connectivity index (χ0) is 16.7. The number of phenolic OH excluding ortho intramolecular Hbond substituents is 1. The highest BCUT2D eigenvalue weighted by molar-refractivity contribution is 5.79. The third-order valence-electron chi connectivity index (χ3n) is 3.40. The standard InChI is InChI=1S/C16H23N5O2/c1-4-17-16(19-11-13-7-8-20-21(13)2)18-10-12-9-14(23-3)5-6-15(12)22/h5-9,22H,4,10-11H2,1-3H3,(H2,17,18,19). The summed E-state index contributed by atoms with van der Waals surface area (Å²) in [5.41, 5.74) is 1.77. The summed E-state index contributed by atoms with van der Waals surface area (Å²) in [6, 6.07) is 7.06. The summed E-state index contributed by atoms with van der Waals surface area (Å²) < 4.78 is 6.98. The zero-order valence-corrected chi connectivity index (χ0v) is 13.7. The lowest BCUT2D eigenvalue weighted by atomic mass is 10.2. The number of aromatic nitrogens is 2. The van der Waals surface area contributed by atoms with Crippen molar-refractivity contribution in [2.75, 3.05) is 13.7 Å². The number of guanidine groups is 1. The molecule has 0 amide bonds. The molecule has 124 valence electrons. The molecule has 0 saturated carbocycles. The van der Waals surface area contributed by atoms with E-state index >= 15 is 0 Å². The fourth-order valence-electron chi connectivity index (χ4n) is 2.07. The highest BCUT2D eigenvalue weighted by Gasteiger charge is 2.05. The Morgan fingerprint density at radius 2 is 2.17 bits per heavy atom. The Balaban J connectivity index is 2.05. The van der Waals surface area contributed by atoms with Crippen LogP contribution < -0.4 is 15.4 Å². The van der Waals surface area contributed by atoms with Crippen LogP contribution in [0.15, 0.2) is 35.5 Å². The van der Waals surface area contributed by atoms with Crippen molar-refractivity contribution in [1.82, 2.24) is 20.4 Å². The molecule has 23 heavy (non-hydrogen) atoms. The Kier molecular flexibility index (Phi) is 5.85. The van der Waals surface area contributed by atoms with E-state index in [1.54, 1.807) is 31.5 Å². The second kappa shape index (κ2) is 8.07. The molecule has 0 atom stereocenters. The molecule has 2 rings (SSSR count). The Hall–Kier alpha value is -2.70. The lowest BCUT2D eigenvalue weighted by Crippen LogP contribution is -2.37. The quantitative estimate of drug-likeness (QED) is 0.554. The minimum absolute atomic E-state index is 0.206. The van der Waals surface area contributed by atoms with E-state index in [-0.39, 0.29) is 5.75 Å². The molecule has 7 nitrogen and oxygen atoms in total. The third-order valence-corrected chi connectivity index (χ3v) is 3.40. The number of nitrogens with zero attached hydrogens (tertiary/aromatic N) is 3. The minimum atomic E-state index is 0.206. The van der Waals surface area contributed by atoms with E-state index in [1.807, 2.05) is 24.7 Å². The number of hydrogen-bond donors (Lipinski definition) is 3. The van der Waals surface area contributed by atoms with Crippen LogP contribution in [0.5, 0.6) is 11.5 Å². The Bertz CT molecular complexity index is 666. The summed E-state index contributed by atoms with van der Waals surface area (Å²) in [7, 11) is 3.49. The van der Waals surface area contributed by atoms with Crippen LogP contribution >= 0.6 is 0 Å². The predicted octanol–water partition coefficient (Wildman–Crippen LogP) is 1.39. The minimum Gasteiger partial charge on any atom is -0.508 e. The average Bonchev–Trinajstić information content (AvgIpc) is 2.96. The van der Waals surface area contributed by atoms with Crippen molar-refractivity contribution >= 4 is 5.96 Å². The van der Waals surface area contributed by atoms with Crippen LogP contribution in [0, 0.1) is 0 Å². The van der Waals surface area contributed by atoms with Crippen LogP contribution in [0.2, 0.25) is 0 Å². The molecule has 0 aliphatic heterocycles. The van der Waals surface area contributed by atoms with Crippen LogP contribution in [0.3, 0.4) is 0 Å². The lowest BCUT2D eigenvalue weighted by Gasteiger charge is -2.12. The smallest absolute Gasteiger partial charge is 0.191 e. The molecule has 1 aromatic heterocycles. The number of rotatable bonds is 6. The maximum atomic E-state index is 9.91. The molecular formula is C16H23N5O2. The van der Waals surface area contributed by atoms with Crippen LogP contribution in [-0.4, -0.2) is 34.5 Å². The summed E-state index contributed by atoms with van der Waals surface area (Å²) in [6.07, 6.45) is 1.76. The van der Waals surface area contributed by atoms with Crippen LogP contribution in [0.4, 0.5) is 0 Å². The van der Waals surface area contributed by atoms with Gasteiger partial charge < -0.3 is 20.5 Å². The number of benzene rings is 1. The van der Waals surface area contributed by atoms with Gasteiger partial charge in [0.05, 0.1) is 25.9 Å². The van der Waals surface area contributed by atoms with Gasteiger partial charge in [-0.05, 0) is 31.2 Å². The van der Waals surface area contributed by atoms with E-state index in [1.165, 1.54) is 0 Å². The first-order chi connectivity index (χ1) is 11.1. The number of aromatic hydroxyl groups is 1. The van der Waals surface area contributed by atoms with E-state index in [4.69, 9.17) is 4.74 Å². The Morgan fingerprint density at radius 1 is 1.35 bits per heavy atom. The van der Waals surface area contributed by atoms with E-state index in [9.17, 15) is 5.11 Å². The molecule has 7 heteroatoms. The molecule has 3 N–H and O–H groups in total. The number of ether oxygens (including phenoxy) is 1. The largest absolute Gasteiger partial charge is 0.508 e. The average molecular weight is 317 g/mol. The van der Waals surface area contributed by atoms with Crippen molar-refractivity contribution in [2.45, 2.75) is 20.0 Å². The molecule has 0 aliphatic carbocycles. The molecule has 0 aliphatic rings. The lowest BCUT2D eigenvalue weighted by molar-refractivity contribution is 0.411. The number of hydrogen-bond acceptors (Lipinski definition) is 4. The van der Waals surface area contributed by atoms with E-state index in [2.05, 4.69) is 20.7 Å². The van der Waals surface area contributed by atoms with Crippen molar-refractivity contribution < 1.29 is 9.84 Å². The normalized spacial score (nSPS) is 11.3. The van der Waals surface area contributed by atoms with Gasteiger partial charge in [-0.25, -0.2) is 4.99 Å². The number of aliphatic imine (C=N–C) groups is 1. The second-order valence-corrected chi connectivity index (χ2v) is 4.99. The molecule has 1 aromatic carbocycles. The van der Waals surface area contributed by atoms with Gasteiger partial charge in [0.2, 0.25) is 0 Å². The van der Waals surface area contributed by atoms with Gasteiger partial charge in [0.25, 0.3) is 0 Å². The number of aryl methyl sites for hydroxylation is 1. The topological polar surface area (TPSA) is 83.7 Å². The van der Waals surface area contributed by atoms with Crippen molar-refractivity contribution in [3.63, 3.8) is 0 Å². The van der Waals surface area contributed by atoms with Crippen molar-refractivity contribution in [3.8, 4) is 11.5 Å². The molecule has 0 saturated heterocycles. The maximum Gasteiger partial charge on any atom is 0.191 e. The van der Waals surface area contributed by atoms with Gasteiger partial charge in [0.1, 0.15) is 11.5 Å².